The fourth-order valence-electron chi connectivity index (χ4n) is 1.56. The highest BCUT2D eigenvalue weighted by Crippen LogP contribution is 2.04. The highest BCUT2D eigenvalue weighted by atomic mass is 19.1. The van der Waals surface area contributed by atoms with Crippen LogP contribution in [0.3, 0.4) is 0 Å². The van der Waals surface area contributed by atoms with E-state index in [2.05, 4.69) is 5.32 Å². The smallest absolute Gasteiger partial charge is 0.221 e. The third kappa shape index (κ3) is 5.27. The van der Waals surface area contributed by atoms with Gasteiger partial charge in [-0.25, -0.2) is 4.39 Å². The van der Waals surface area contributed by atoms with Crippen LogP contribution in [0.2, 0.25) is 0 Å². The molecule has 100 valence electrons. The van der Waals surface area contributed by atoms with Crippen LogP contribution in [0.4, 0.5) is 4.39 Å². The molecule has 1 rings (SSSR count). The molecule has 0 saturated heterocycles. The highest BCUT2D eigenvalue weighted by Gasteiger charge is 2.12. The van der Waals surface area contributed by atoms with Gasteiger partial charge >= 0.3 is 0 Å². The van der Waals surface area contributed by atoms with Gasteiger partial charge < -0.3 is 11.1 Å². The summed E-state index contributed by atoms with van der Waals surface area (Å²) in [6, 6.07) is 6.28. The monoisotopic (exact) mass is 252 g/mol. The molecule has 0 saturated carbocycles. The minimum atomic E-state index is -0.249. The lowest BCUT2D eigenvalue weighted by Crippen LogP contribution is -2.35. The first-order chi connectivity index (χ1) is 8.49. The Kier molecular flexibility index (Phi) is 5.78. The van der Waals surface area contributed by atoms with Crippen LogP contribution >= 0.6 is 0 Å². The Morgan fingerprint density at radius 1 is 1.44 bits per heavy atom. The van der Waals surface area contributed by atoms with Gasteiger partial charge in [0.25, 0.3) is 0 Å². The number of carbonyl (C=O) groups is 1. The molecule has 0 aliphatic heterocycles. The molecule has 4 heteroatoms. The van der Waals surface area contributed by atoms with Gasteiger partial charge in [-0.05, 0) is 30.0 Å². The van der Waals surface area contributed by atoms with Gasteiger partial charge in [0.2, 0.25) is 5.91 Å². The molecule has 0 aliphatic carbocycles. The van der Waals surface area contributed by atoms with E-state index in [4.69, 9.17) is 5.73 Å². The molecule has 0 bridgehead atoms. The van der Waals surface area contributed by atoms with Crippen molar-refractivity contribution in [3.63, 3.8) is 0 Å². The second kappa shape index (κ2) is 7.11. The zero-order chi connectivity index (χ0) is 13.5. The Balaban J connectivity index is 2.27. The summed E-state index contributed by atoms with van der Waals surface area (Å²) in [5.41, 5.74) is 6.69. The quantitative estimate of drug-likeness (QED) is 0.812. The predicted molar refractivity (Wildman–Crippen MR) is 70.5 cm³/mol. The van der Waals surface area contributed by atoms with Crippen LogP contribution in [-0.2, 0) is 11.2 Å². The third-order valence-electron chi connectivity index (χ3n) is 2.90. The van der Waals surface area contributed by atoms with E-state index in [0.29, 0.717) is 25.3 Å². The molecule has 1 atom stereocenters. The third-order valence-corrected chi connectivity index (χ3v) is 2.90. The molecule has 1 aromatic carbocycles. The molecule has 3 nitrogen and oxygen atoms in total. The van der Waals surface area contributed by atoms with E-state index < -0.39 is 0 Å². The number of amides is 1. The minimum Gasteiger partial charge on any atom is -0.356 e. The van der Waals surface area contributed by atoms with E-state index >= 15 is 0 Å². The zero-order valence-corrected chi connectivity index (χ0v) is 10.9. The molecule has 0 fully saturated rings. The maximum atomic E-state index is 12.9. The summed E-state index contributed by atoms with van der Waals surface area (Å²) >= 11 is 0. The lowest BCUT2D eigenvalue weighted by Gasteiger charge is -2.14. The van der Waals surface area contributed by atoms with Crippen molar-refractivity contribution in [1.82, 2.24) is 5.32 Å². The van der Waals surface area contributed by atoms with Gasteiger partial charge in [-0.15, -0.1) is 0 Å². The number of carbonyl (C=O) groups excluding carboxylic acids is 1. The molecule has 1 aromatic rings. The number of halogens is 1. The zero-order valence-electron chi connectivity index (χ0n) is 10.9. The predicted octanol–water partition coefficient (Wildman–Crippen LogP) is 1.86. The van der Waals surface area contributed by atoms with Gasteiger partial charge in [-0.1, -0.05) is 26.0 Å². The summed E-state index contributed by atoms with van der Waals surface area (Å²) in [6.45, 7) is 4.49. The molecule has 0 aromatic heterocycles. The first kappa shape index (κ1) is 14.6. The number of nitrogens with two attached hydrogens (primary N) is 1. The number of hydrogen-bond donors (Lipinski definition) is 2. The van der Waals surface area contributed by atoms with Gasteiger partial charge in [-0.2, -0.15) is 0 Å². The van der Waals surface area contributed by atoms with E-state index in [1.165, 1.54) is 12.1 Å². The van der Waals surface area contributed by atoms with E-state index in [9.17, 15) is 9.18 Å². The molecule has 0 heterocycles. The lowest BCUT2D eigenvalue weighted by molar-refractivity contribution is -0.121. The summed E-state index contributed by atoms with van der Waals surface area (Å²) < 4.78 is 12.9. The van der Waals surface area contributed by atoms with Gasteiger partial charge in [0.1, 0.15) is 5.82 Å². The number of nitrogens with one attached hydrogen (secondary N) is 1. The van der Waals surface area contributed by atoms with Crippen molar-refractivity contribution in [2.24, 2.45) is 11.7 Å². The molecular weight excluding hydrogens is 231 g/mol. The van der Waals surface area contributed by atoms with Gasteiger partial charge in [0, 0.05) is 19.0 Å². The normalized spacial score (nSPS) is 12.5. The fraction of sp³-hybridized carbons (Fsp3) is 0.500. The summed E-state index contributed by atoms with van der Waals surface area (Å²) in [6.07, 6.45) is 0.960. The van der Waals surface area contributed by atoms with Crippen LogP contribution in [0, 0.1) is 11.7 Å². The second-order valence-corrected chi connectivity index (χ2v) is 4.84. The maximum Gasteiger partial charge on any atom is 0.221 e. The van der Waals surface area contributed by atoms with E-state index in [1.807, 2.05) is 19.9 Å². The van der Waals surface area contributed by atoms with E-state index in [-0.39, 0.29) is 17.8 Å². The average Bonchev–Trinajstić information content (AvgIpc) is 2.28. The SMILES string of the molecule is CC(C)C(N)CC(=O)NCCc1cccc(F)c1. The summed E-state index contributed by atoms with van der Waals surface area (Å²) in [7, 11) is 0. The summed E-state index contributed by atoms with van der Waals surface area (Å²) in [5.74, 6) is -0.00720. The molecular formula is C14H21FN2O. The van der Waals surface area contributed by atoms with Crippen molar-refractivity contribution in [2.45, 2.75) is 32.7 Å². The van der Waals surface area contributed by atoms with Crippen LogP contribution in [-0.4, -0.2) is 18.5 Å². The first-order valence-corrected chi connectivity index (χ1v) is 6.25. The highest BCUT2D eigenvalue weighted by molar-refractivity contribution is 5.76. The Hall–Kier alpha value is -1.42. The van der Waals surface area contributed by atoms with Crippen LogP contribution in [0.5, 0.6) is 0 Å². The van der Waals surface area contributed by atoms with Crippen molar-refractivity contribution in [3.05, 3.63) is 35.6 Å². The maximum absolute atomic E-state index is 12.9. The standard InChI is InChI=1S/C14H21FN2O/c1-10(2)13(16)9-14(18)17-7-6-11-4-3-5-12(15)8-11/h3-5,8,10,13H,6-7,9,16H2,1-2H3,(H,17,18). The van der Waals surface area contributed by atoms with Gasteiger partial charge in [0.15, 0.2) is 0 Å². The average molecular weight is 252 g/mol. The van der Waals surface area contributed by atoms with E-state index in [1.54, 1.807) is 6.07 Å². The van der Waals surface area contributed by atoms with Crippen molar-refractivity contribution in [2.75, 3.05) is 6.54 Å². The molecule has 3 N–H and O–H groups in total. The van der Waals surface area contributed by atoms with E-state index in [0.717, 1.165) is 5.56 Å². The van der Waals surface area contributed by atoms with Crippen molar-refractivity contribution < 1.29 is 9.18 Å². The number of rotatable bonds is 6. The van der Waals surface area contributed by atoms with Crippen molar-refractivity contribution in [3.8, 4) is 0 Å². The van der Waals surface area contributed by atoms with Crippen molar-refractivity contribution >= 4 is 5.91 Å². The summed E-state index contributed by atoms with van der Waals surface area (Å²) in [4.78, 5) is 11.5. The first-order valence-electron chi connectivity index (χ1n) is 6.25. The topological polar surface area (TPSA) is 55.1 Å². The molecule has 1 amide bonds. The largest absolute Gasteiger partial charge is 0.356 e. The van der Waals surface area contributed by atoms with Gasteiger partial charge in [-0.3, -0.25) is 4.79 Å². The van der Waals surface area contributed by atoms with Crippen LogP contribution in [0.15, 0.2) is 24.3 Å². The molecule has 1 unspecified atom stereocenters. The van der Waals surface area contributed by atoms with Crippen LogP contribution in [0.25, 0.3) is 0 Å². The Morgan fingerprint density at radius 3 is 2.78 bits per heavy atom. The second-order valence-electron chi connectivity index (χ2n) is 4.84. The minimum absolute atomic E-state index is 0.0485. The Bertz CT molecular complexity index is 393. The van der Waals surface area contributed by atoms with Crippen LogP contribution in [0.1, 0.15) is 25.8 Å². The molecule has 0 aliphatic rings. The number of hydrogen-bond acceptors (Lipinski definition) is 2. The van der Waals surface area contributed by atoms with Crippen molar-refractivity contribution in [1.29, 1.82) is 0 Å². The summed E-state index contributed by atoms with van der Waals surface area (Å²) in [5, 5.41) is 2.79. The number of benzene rings is 1. The van der Waals surface area contributed by atoms with Crippen LogP contribution < -0.4 is 11.1 Å². The fourth-order valence-corrected chi connectivity index (χ4v) is 1.56. The molecule has 18 heavy (non-hydrogen) atoms. The molecule has 0 spiro atoms. The van der Waals surface area contributed by atoms with Gasteiger partial charge in [0.05, 0.1) is 0 Å². The molecule has 0 radical (unpaired) electrons. The Labute approximate surface area is 108 Å². The lowest BCUT2D eigenvalue weighted by atomic mass is 10.0. The Morgan fingerprint density at radius 2 is 2.17 bits per heavy atom.